The molecule has 0 bridgehead atoms. The lowest BCUT2D eigenvalue weighted by atomic mass is 9.96. The average Bonchev–Trinajstić information content (AvgIpc) is 3.33. The van der Waals surface area contributed by atoms with Crippen molar-refractivity contribution in [2.75, 3.05) is 6.54 Å². The van der Waals surface area contributed by atoms with E-state index in [1.807, 2.05) is 46.8 Å². The van der Waals surface area contributed by atoms with Crippen LogP contribution in [0, 0.1) is 0 Å². The number of carbonyl (C=O) groups excluding carboxylic acids is 1. The largest absolute Gasteiger partial charge is 0.348 e. The third-order valence-corrected chi connectivity index (χ3v) is 5.16. The van der Waals surface area contributed by atoms with Crippen LogP contribution >= 0.6 is 0 Å². The number of H-pyrrole nitrogens is 1. The maximum Gasteiger partial charge on any atom is 0.254 e. The number of amides is 1. The number of aryl methyl sites for hydroxylation is 1. The molecule has 4 aromatic rings. The first-order chi connectivity index (χ1) is 13.2. The third kappa shape index (κ3) is 2.51. The predicted octanol–water partition coefficient (Wildman–Crippen LogP) is 2.48. The van der Waals surface area contributed by atoms with Crippen LogP contribution in [0.25, 0.3) is 11.0 Å². The van der Waals surface area contributed by atoms with Crippen LogP contribution in [0.3, 0.4) is 0 Å². The van der Waals surface area contributed by atoms with Crippen LogP contribution in [0.15, 0.2) is 55.4 Å². The number of rotatable bonds is 2. The van der Waals surface area contributed by atoms with Crippen LogP contribution < -0.4 is 0 Å². The van der Waals surface area contributed by atoms with Crippen molar-refractivity contribution >= 4 is 16.9 Å². The van der Waals surface area contributed by atoms with E-state index in [-0.39, 0.29) is 11.9 Å². The second kappa shape index (κ2) is 6.05. The van der Waals surface area contributed by atoms with Gasteiger partial charge in [0.25, 0.3) is 5.91 Å². The van der Waals surface area contributed by atoms with Gasteiger partial charge in [-0.05, 0) is 29.8 Å². The van der Waals surface area contributed by atoms with Gasteiger partial charge in [-0.2, -0.15) is 0 Å². The molecule has 3 aromatic heterocycles. The monoisotopic (exact) mass is 358 g/mol. The molecule has 0 saturated heterocycles. The Kier molecular flexibility index (Phi) is 3.53. The Labute approximate surface area is 155 Å². The lowest BCUT2D eigenvalue weighted by Gasteiger charge is -2.35. The fraction of sp³-hybridized carbons (Fsp3) is 0.200. The molecule has 0 saturated carbocycles. The molecule has 1 amide bonds. The minimum Gasteiger partial charge on any atom is -0.348 e. The SMILES string of the molecule is Cn1cnc2cc(C(=O)N3CCc4[nH]cnc4[C@@H]3c3cccnc3)ccc21. The van der Waals surface area contributed by atoms with Crippen molar-refractivity contribution in [1.29, 1.82) is 0 Å². The molecule has 0 radical (unpaired) electrons. The number of nitrogens with zero attached hydrogens (tertiary/aromatic N) is 5. The molecule has 0 spiro atoms. The topological polar surface area (TPSA) is 79.7 Å². The van der Waals surface area contributed by atoms with Crippen molar-refractivity contribution in [3.8, 4) is 0 Å². The molecule has 1 aliphatic heterocycles. The van der Waals surface area contributed by atoms with Crippen LogP contribution in [0.1, 0.15) is 33.4 Å². The fourth-order valence-corrected chi connectivity index (χ4v) is 3.81. The van der Waals surface area contributed by atoms with E-state index in [1.165, 1.54) is 0 Å². The molecule has 0 aliphatic carbocycles. The zero-order valence-corrected chi connectivity index (χ0v) is 14.8. The smallest absolute Gasteiger partial charge is 0.254 e. The van der Waals surface area contributed by atoms with Gasteiger partial charge in [0.15, 0.2) is 0 Å². The number of imidazole rings is 2. The first-order valence-electron chi connectivity index (χ1n) is 8.86. The Bertz CT molecular complexity index is 1130. The summed E-state index contributed by atoms with van der Waals surface area (Å²) in [6.45, 7) is 0.619. The summed E-state index contributed by atoms with van der Waals surface area (Å²) < 4.78 is 1.94. The summed E-state index contributed by atoms with van der Waals surface area (Å²) in [4.78, 5) is 31.6. The summed E-state index contributed by atoms with van der Waals surface area (Å²) in [7, 11) is 1.94. The van der Waals surface area contributed by atoms with Gasteiger partial charge in [0, 0.05) is 43.7 Å². The second-order valence-corrected chi connectivity index (χ2v) is 6.76. The maximum absolute atomic E-state index is 13.4. The van der Waals surface area contributed by atoms with E-state index in [0.29, 0.717) is 12.1 Å². The van der Waals surface area contributed by atoms with Crippen LogP contribution in [0.4, 0.5) is 0 Å². The molecule has 27 heavy (non-hydrogen) atoms. The number of hydrogen-bond donors (Lipinski definition) is 1. The van der Waals surface area contributed by atoms with Crippen molar-refractivity contribution in [1.82, 2.24) is 29.4 Å². The molecule has 7 nitrogen and oxygen atoms in total. The number of benzene rings is 1. The molecule has 0 unspecified atom stereocenters. The van der Waals surface area contributed by atoms with E-state index >= 15 is 0 Å². The number of carbonyl (C=O) groups is 1. The Morgan fingerprint density at radius 1 is 1.26 bits per heavy atom. The van der Waals surface area contributed by atoms with Crippen molar-refractivity contribution in [3.05, 3.63) is 77.9 Å². The summed E-state index contributed by atoms with van der Waals surface area (Å²) in [5.74, 6) is -0.0231. The van der Waals surface area contributed by atoms with Crippen LogP contribution in [-0.2, 0) is 13.5 Å². The van der Waals surface area contributed by atoms with Crippen molar-refractivity contribution in [3.63, 3.8) is 0 Å². The number of hydrogen-bond acceptors (Lipinski definition) is 4. The molecule has 4 heterocycles. The molecule has 0 fully saturated rings. The van der Waals surface area contributed by atoms with Gasteiger partial charge in [-0.1, -0.05) is 6.07 Å². The molecular weight excluding hydrogens is 340 g/mol. The van der Waals surface area contributed by atoms with E-state index in [1.54, 1.807) is 25.0 Å². The highest BCUT2D eigenvalue weighted by molar-refractivity contribution is 5.98. The molecule has 134 valence electrons. The highest BCUT2D eigenvalue weighted by Crippen LogP contribution is 2.34. The fourth-order valence-electron chi connectivity index (χ4n) is 3.81. The van der Waals surface area contributed by atoms with Crippen LogP contribution in [-0.4, -0.2) is 41.9 Å². The highest BCUT2D eigenvalue weighted by Gasteiger charge is 2.34. The van der Waals surface area contributed by atoms with Gasteiger partial charge in [0.05, 0.1) is 29.4 Å². The summed E-state index contributed by atoms with van der Waals surface area (Å²) in [5, 5.41) is 0. The van der Waals surface area contributed by atoms with Gasteiger partial charge in [-0.3, -0.25) is 9.78 Å². The van der Waals surface area contributed by atoms with Gasteiger partial charge in [-0.25, -0.2) is 9.97 Å². The van der Waals surface area contributed by atoms with Crippen LogP contribution in [0.2, 0.25) is 0 Å². The molecule has 1 aromatic carbocycles. The first kappa shape index (κ1) is 15.7. The number of nitrogens with one attached hydrogen (secondary N) is 1. The zero-order chi connectivity index (χ0) is 18.4. The van der Waals surface area contributed by atoms with Gasteiger partial charge < -0.3 is 14.5 Å². The molecule has 7 heteroatoms. The molecular formula is C20H18N6O. The van der Waals surface area contributed by atoms with Crippen molar-refractivity contribution in [2.24, 2.45) is 7.05 Å². The summed E-state index contributed by atoms with van der Waals surface area (Å²) >= 11 is 0. The van der Waals surface area contributed by atoms with Gasteiger partial charge >= 0.3 is 0 Å². The molecule has 1 atom stereocenters. The third-order valence-electron chi connectivity index (χ3n) is 5.16. The number of aromatic amines is 1. The van der Waals surface area contributed by atoms with Crippen molar-refractivity contribution in [2.45, 2.75) is 12.5 Å². The number of aromatic nitrogens is 5. The Morgan fingerprint density at radius 2 is 2.19 bits per heavy atom. The Morgan fingerprint density at radius 3 is 3.04 bits per heavy atom. The predicted molar refractivity (Wildman–Crippen MR) is 100 cm³/mol. The summed E-state index contributed by atoms with van der Waals surface area (Å²) in [6.07, 6.45) is 7.75. The van der Waals surface area contributed by atoms with Crippen molar-refractivity contribution < 1.29 is 4.79 Å². The molecule has 1 aliphatic rings. The van der Waals surface area contributed by atoms with E-state index in [4.69, 9.17) is 0 Å². The Hall–Kier alpha value is -3.48. The number of pyridine rings is 1. The number of fused-ring (bicyclic) bond motifs is 2. The summed E-state index contributed by atoms with van der Waals surface area (Å²) in [5.41, 5.74) is 5.38. The van der Waals surface area contributed by atoms with Gasteiger partial charge in [-0.15, -0.1) is 0 Å². The molecule has 1 N–H and O–H groups in total. The zero-order valence-electron chi connectivity index (χ0n) is 14.8. The first-order valence-corrected chi connectivity index (χ1v) is 8.86. The van der Waals surface area contributed by atoms with E-state index in [0.717, 1.165) is 34.4 Å². The highest BCUT2D eigenvalue weighted by atomic mass is 16.2. The Balaban J connectivity index is 1.58. The normalized spacial score (nSPS) is 16.5. The van der Waals surface area contributed by atoms with E-state index in [9.17, 15) is 4.79 Å². The minimum atomic E-state index is -0.249. The van der Waals surface area contributed by atoms with Crippen LogP contribution in [0.5, 0.6) is 0 Å². The van der Waals surface area contributed by atoms with Gasteiger partial charge in [0.2, 0.25) is 0 Å². The summed E-state index contributed by atoms with van der Waals surface area (Å²) in [6, 6.07) is 9.30. The van der Waals surface area contributed by atoms with E-state index < -0.39 is 0 Å². The standard InChI is InChI=1S/C20H18N6O/c1-25-12-24-16-9-13(4-5-17(16)25)20(27)26-8-6-15-18(23-11-22-15)19(26)14-3-2-7-21-10-14/h2-5,7,9-12,19H,6,8H2,1H3,(H,22,23)/t19-/m0/s1. The lowest BCUT2D eigenvalue weighted by Crippen LogP contribution is -2.40. The average molecular weight is 358 g/mol. The quantitative estimate of drug-likeness (QED) is 0.597. The second-order valence-electron chi connectivity index (χ2n) is 6.76. The maximum atomic E-state index is 13.4. The molecule has 5 rings (SSSR count). The van der Waals surface area contributed by atoms with Gasteiger partial charge in [0.1, 0.15) is 6.04 Å². The minimum absolute atomic E-state index is 0.0231. The lowest BCUT2D eigenvalue weighted by molar-refractivity contribution is 0.0690. The van der Waals surface area contributed by atoms with E-state index in [2.05, 4.69) is 19.9 Å².